The normalized spacial score (nSPS) is 20.8. The average Bonchev–Trinajstić information content (AvgIpc) is 2.66. The van der Waals surface area contributed by atoms with E-state index in [1.165, 1.54) is 12.8 Å². The average molecular weight is 226 g/mol. The predicted octanol–water partition coefficient (Wildman–Crippen LogP) is 2.65. The Morgan fingerprint density at radius 1 is 1.53 bits per heavy atom. The largest absolute Gasteiger partial charge is 0.507 e. The molecule has 2 rings (SSSR count). The van der Waals surface area contributed by atoms with Gasteiger partial charge in [0.05, 0.1) is 0 Å². The molecule has 1 aliphatic rings. The van der Waals surface area contributed by atoms with Crippen LogP contribution in [-0.4, -0.2) is 17.7 Å². The number of hydrogen-bond acceptors (Lipinski definition) is 2. The minimum atomic E-state index is 0.396. The molecule has 3 heteroatoms. The molecule has 1 saturated heterocycles. The molecule has 1 atom stereocenters. The summed E-state index contributed by atoms with van der Waals surface area (Å²) in [7, 11) is 0. The maximum atomic E-state index is 9.90. The zero-order valence-corrected chi connectivity index (χ0v) is 9.64. The Hall–Kier alpha value is -0.730. The van der Waals surface area contributed by atoms with Gasteiger partial charge in [0.25, 0.3) is 0 Å². The highest BCUT2D eigenvalue weighted by atomic mass is 35.5. The molecule has 0 aromatic heterocycles. The number of aromatic hydroxyl groups is 1. The summed E-state index contributed by atoms with van der Waals surface area (Å²) in [4.78, 5) is 0. The summed E-state index contributed by atoms with van der Waals surface area (Å²) in [6.45, 7) is 2.97. The lowest BCUT2D eigenvalue weighted by molar-refractivity contribution is 0.458. The van der Waals surface area contributed by atoms with Crippen molar-refractivity contribution in [1.82, 2.24) is 5.32 Å². The Balaban J connectivity index is 2.19. The molecule has 0 saturated carbocycles. The summed E-state index contributed by atoms with van der Waals surface area (Å²) in [5.74, 6) is 0.396. The van der Waals surface area contributed by atoms with Gasteiger partial charge in [0.1, 0.15) is 5.75 Å². The van der Waals surface area contributed by atoms with E-state index in [-0.39, 0.29) is 0 Å². The van der Waals surface area contributed by atoms with Crippen molar-refractivity contribution in [1.29, 1.82) is 0 Å². The van der Waals surface area contributed by atoms with Crippen molar-refractivity contribution < 1.29 is 5.11 Å². The number of hydrogen-bond donors (Lipinski definition) is 2. The Bertz CT molecular complexity index is 359. The van der Waals surface area contributed by atoms with Gasteiger partial charge in [-0.15, -0.1) is 0 Å². The van der Waals surface area contributed by atoms with E-state index in [9.17, 15) is 5.11 Å². The van der Waals surface area contributed by atoms with Crippen LogP contribution in [0.2, 0.25) is 5.02 Å². The van der Waals surface area contributed by atoms with E-state index in [1.807, 2.05) is 13.0 Å². The van der Waals surface area contributed by atoms with Gasteiger partial charge in [0.15, 0.2) is 0 Å². The number of phenolic OH excluding ortho intramolecular Hbond substituents is 1. The molecule has 1 aromatic carbocycles. The molecular formula is C12H16ClNO. The van der Waals surface area contributed by atoms with E-state index in [0.29, 0.717) is 16.8 Å². The second-order valence-electron chi connectivity index (χ2n) is 4.23. The van der Waals surface area contributed by atoms with Crippen molar-refractivity contribution in [2.45, 2.75) is 32.2 Å². The van der Waals surface area contributed by atoms with E-state index in [4.69, 9.17) is 11.6 Å². The zero-order valence-electron chi connectivity index (χ0n) is 8.89. The summed E-state index contributed by atoms with van der Waals surface area (Å²) in [6.07, 6.45) is 3.28. The van der Waals surface area contributed by atoms with E-state index in [0.717, 1.165) is 24.1 Å². The van der Waals surface area contributed by atoms with E-state index in [1.54, 1.807) is 6.07 Å². The van der Waals surface area contributed by atoms with Crippen molar-refractivity contribution in [2.24, 2.45) is 0 Å². The second-order valence-corrected chi connectivity index (χ2v) is 4.66. The molecule has 2 nitrogen and oxygen atoms in total. The van der Waals surface area contributed by atoms with Crippen LogP contribution >= 0.6 is 11.6 Å². The molecule has 1 aromatic rings. The van der Waals surface area contributed by atoms with Crippen molar-refractivity contribution in [3.63, 3.8) is 0 Å². The van der Waals surface area contributed by atoms with E-state index in [2.05, 4.69) is 5.32 Å². The highest BCUT2D eigenvalue weighted by Gasteiger charge is 2.17. The summed E-state index contributed by atoms with van der Waals surface area (Å²) < 4.78 is 0. The summed E-state index contributed by atoms with van der Waals surface area (Å²) >= 11 is 5.98. The smallest absolute Gasteiger partial charge is 0.121 e. The van der Waals surface area contributed by atoms with Crippen molar-refractivity contribution >= 4 is 11.6 Å². The van der Waals surface area contributed by atoms with Gasteiger partial charge in [0.2, 0.25) is 0 Å². The molecule has 0 amide bonds. The van der Waals surface area contributed by atoms with Gasteiger partial charge in [-0.05, 0) is 56.0 Å². The molecule has 0 radical (unpaired) electrons. The number of aryl methyl sites for hydroxylation is 1. The lowest BCUT2D eigenvalue weighted by Crippen LogP contribution is -2.23. The first kappa shape index (κ1) is 10.8. The van der Waals surface area contributed by atoms with Crippen LogP contribution in [0.5, 0.6) is 5.75 Å². The SMILES string of the molecule is Cc1cc(Cl)cc(CC2CCCN2)c1O. The number of rotatable bonds is 2. The minimum absolute atomic E-state index is 0.396. The third-order valence-corrected chi connectivity index (χ3v) is 3.19. The maximum Gasteiger partial charge on any atom is 0.121 e. The topological polar surface area (TPSA) is 32.3 Å². The molecule has 0 aliphatic carbocycles. The predicted molar refractivity (Wildman–Crippen MR) is 62.6 cm³/mol. The number of nitrogens with one attached hydrogen (secondary N) is 1. The van der Waals surface area contributed by atoms with Crippen LogP contribution in [0.15, 0.2) is 12.1 Å². The number of phenols is 1. The highest BCUT2D eigenvalue weighted by Crippen LogP contribution is 2.28. The van der Waals surface area contributed by atoms with Gasteiger partial charge in [-0.1, -0.05) is 11.6 Å². The van der Waals surface area contributed by atoms with Crippen LogP contribution in [-0.2, 0) is 6.42 Å². The zero-order chi connectivity index (χ0) is 10.8. The van der Waals surface area contributed by atoms with Crippen molar-refractivity contribution in [3.05, 3.63) is 28.3 Å². The van der Waals surface area contributed by atoms with Gasteiger partial charge in [-0.3, -0.25) is 0 Å². The molecule has 82 valence electrons. The van der Waals surface area contributed by atoms with Crippen LogP contribution in [0.4, 0.5) is 0 Å². The molecule has 0 spiro atoms. The quantitative estimate of drug-likeness (QED) is 0.811. The fraction of sp³-hybridized carbons (Fsp3) is 0.500. The third-order valence-electron chi connectivity index (χ3n) is 2.97. The fourth-order valence-corrected chi connectivity index (χ4v) is 2.45. The molecule has 1 unspecified atom stereocenters. The third kappa shape index (κ3) is 2.44. The van der Waals surface area contributed by atoms with Crippen LogP contribution in [0.3, 0.4) is 0 Å². The summed E-state index contributed by atoms with van der Waals surface area (Å²) in [5, 5.41) is 14.0. The lowest BCUT2D eigenvalue weighted by atomic mass is 10.0. The molecule has 2 N–H and O–H groups in total. The molecular weight excluding hydrogens is 210 g/mol. The lowest BCUT2D eigenvalue weighted by Gasteiger charge is -2.13. The number of halogens is 1. The van der Waals surface area contributed by atoms with Crippen LogP contribution in [0.1, 0.15) is 24.0 Å². The van der Waals surface area contributed by atoms with Gasteiger partial charge in [-0.25, -0.2) is 0 Å². The summed E-state index contributed by atoms with van der Waals surface area (Å²) in [6, 6.07) is 4.15. The maximum absolute atomic E-state index is 9.90. The van der Waals surface area contributed by atoms with Gasteiger partial charge in [-0.2, -0.15) is 0 Å². The first-order chi connectivity index (χ1) is 7.16. The van der Waals surface area contributed by atoms with E-state index >= 15 is 0 Å². The Morgan fingerprint density at radius 3 is 3.00 bits per heavy atom. The minimum Gasteiger partial charge on any atom is -0.507 e. The van der Waals surface area contributed by atoms with Crippen molar-refractivity contribution in [3.8, 4) is 5.75 Å². The molecule has 15 heavy (non-hydrogen) atoms. The standard InChI is InChI=1S/C12H16ClNO/c1-8-5-10(13)6-9(12(8)15)7-11-3-2-4-14-11/h5-6,11,14-15H,2-4,7H2,1H3. The Labute approximate surface area is 95.3 Å². The highest BCUT2D eigenvalue weighted by molar-refractivity contribution is 6.30. The number of benzene rings is 1. The Morgan fingerprint density at radius 2 is 2.33 bits per heavy atom. The van der Waals surface area contributed by atoms with Gasteiger partial charge < -0.3 is 10.4 Å². The van der Waals surface area contributed by atoms with Crippen molar-refractivity contribution in [2.75, 3.05) is 6.54 Å². The van der Waals surface area contributed by atoms with Gasteiger partial charge >= 0.3 is 0 Å². The molecule has 0 bridgehead atoms. The first-order valence-corrected chi connectivity index (χ1v) is 5.76. The van der Waals surface area contributed by atoms with E-state index < -0.39 is 0 Å². The molecule has 1 aliphatic heterocycles. The van der Waals surface area contributed by atoms with Crippen LogP contribution < -0.4 is 5.32 Å². The molecule has 1 fully saturated rings. The molecule has 1 heterocycles. The Kier molecular flexibility index (Phi) is 3.17. The monoisotopic (exact) mass is 225 g/mol. The van der Waals surface area contributed by atoms with Gasteiger partial charge in [0, 0.05) is 11.1 Å². The summed E-state index contributed by atoms with van der Waals surface area (Å²) in [5.41, 5.74) is 1.81. The van der Waals surface area contributed by atoms with Crippen LogP contribution in [0.25, 0.3) is 0 Å². The van der Waals surface area contributed by atoms with Crippen LogP contribution in [0, 0.1) is 6.92 Å². The first-order valence-electron chi connectivity index (χ1n) is 5.38. The second kappa shape index (κ2) is 4.42. The fourth-order valence-electron chi connectivity index (χ4n) is 2.16.